The van der Waals surface area contributed by atoms with E-state index in [2.05, 4.69) is 15.2 Å². The van der Waals surface area contributed by atoms with Crippen molar-refractivity contribution in [3.8, 4) is 17.1 Å². The molecule has 1 aliphatic rings. The SMILES string of the molecule is Cc1cc(C)n(-c2ccc(-c3nc(C)nn3[C@@H]3CCS(=O)(=O)C3)cc2)n1. The van der Waals surface area contributed by atoms with E-state index in [1.54, 1.807) is 4.68 Å². The van der Waals surface area contributed by atoms with Crippen LogP contribution in [-0.2, 0) is 9.84 Å². The maximum absolute atomic E-state index is 11.8. The number of benzene rings is 1. The van der Waals surface area contributed by atoms with Gasteiger partial charge in [-0.1, -0.05) is 0 Å². The fourth-order valence-electron chi connectivity index (χ4n) is 3.49. The van der Waals surface area contributed by atoms with E-state index in [4.69, 9.17) is 0 Å². The molecule has 0 unspecified atom stereocenters. The summed E-state index contributed by atoms with van der Waals surface area (Å²) in [4.78, 5) is 4.53. The third kappa shape index (κ3) is 3.05. The monoisotopic (exact) mass is 371 g/mol. The van der Waals surface area contributed by atoms with Crippen LogP contribution in [0.2, 0.25) is 0 Å². The molecule has 26 heavy (non-hydrogen) atoms. The van der Waals surface area contributed by atoms with Crippen molar-refractivity contribution in [3.05, 3.63) is 47.5 Å². The summed E-state index contributed by atoms with van der Waals surface area (Å²) in [6.45, 7) is 5.82. The molecule has 4 rings (SSSR count). The van der Waals surface area contributed by atoms with Gasteiger partial charge in [0.1, 0.15) is 5.82 Å². The molecule has 136 valence electrons. The van der Waals surface area contributed by atoms with Crippen LogP contribution in [0.4, 0.5) is 0 Å². The van der Waals surface area contributed by atoms with Gasteiger partial charge in [0.2, 0.25) is 0 Å². The highest BCUT2D eigenvalue weighted by molar-refractivity contribution is 7.91. The number of nitrogens with zero attached hydrogens (tertiary/aromatic N) is 5. The number of sulfone groups is 1. The van der Waals surface area contributed by atoms with Gasteiger partial charge < -0.3 is 0 Å². The van der Waals surface area contributed by atoms with E-state index < -0.39 is 9.84 Å². The van der Waals surface area contributed by atoms with Crippen molar-refractivity contribution in [2.75, 3.05) is 11.5 Å². The molecule has 1 fully saturated rings. The summed E-state index contributed by atoms with van der Waals surface area (Å²) in [5, 5.41) is 8.96. The lowest BCUT2D eigenvalue weighted by molar-refractivity contribution is 0.501. The van der Waals surface area contributed by atoms with Gasteiger partial charge in [-0.3, -0.25) is 0 Å². The van der Waals surface area contributed by atoms with Crippen molar-refractivity contribution in [1.82, 2.24) is 24.5 Å². The third-order valence-electron chi connectivity index (χ3n) is 4.67. The highest BCUT2D eigenvalue weighted by Crippen LogP contribution is 2.28. The van der Waals surface area contributed by atoms with Crippen LogP contribution in [0, 0.1) is 20.8 Å². The normalized spacial score (nSPS) is 19.1. The summed E-state index contributed by atoms with van der Waals surface area (Å²) in [5.74, 6) is 1.70. The minimum atomic E-state index is -2.98. The fraction of sp³-hybridized carbons (Fsp3) is 0.389. The van der Waals surface area contributed by atoms with E-state index in [-0.39, 0.29) is 17.5 Å². The maximum atomic E-state index is 11.8. The van der Waals surface area contributed by atoms with E-state index >= 15 is 0 Å². The molecule has 0 aliphatic carbocycles. The predicted molar refractivity (Wildman–Crippen MR) is 99.1 cm³/mol. The molecule has 1 aliphatic heterocycles. The highest BCUT2D eigenvalue weighted by Gasteiger charge is 2.31. The average Bonchev–Trinajstić information content (AvgIpc) is 3.24. The summed E-state index contributed by atoms with van der Waals surface area (Å²) >= 11 is 0. The Hall–Kier alpha value is -2.48. The van der Waals surface area contributed by atoms with Crippen molar-refractivity contribution >= 4 is 9.84 Å². The van der Waals surface area contributed by atoms with E-state index in [1.807, 2.05) is 55.8 Å². The Bertz CT molecular complexity index is 1060. The lowest BCUT2D eigenvalue weighted by Gasteiger charge is -2.12. The molecule has 8 heteroatoms. The van der Waals surface area contributed by atoms with Gasteiger partial charge in [-0.05, 0) is 57.5 Å². The molecule has 0 N–H and O–H groups in total. The van der Waals surface area contributed by atoms with E-state index in [9.17, 15) is 8.42 Å². The standard InChI is InChI=1S/C18H21N5O2S/c1-12-10-13(2)22(20-12)16-6-4-15(5-7-16)18-19-14(3)21-23(18)17-8-9-26(24,25)11-17/h4-7,10,17H,8-9,11H2,1-3H3/t17-/m1/s1. The van der Waals surface area contributed by atoms with Crippen molar-refractivity contribution in [3.63, 3.8) is 0 Å². The van der Waals surface area contributed by atoms with Crippen LogP contribution < -0.4 is 0 Å². The molecule has 7 nitrogen and oxygen atoms in total. The fourth-order valence-corrected chi connectivity index (χ4v) is 5.18. The number of aromatic nitrogens is 5. The molecule has 1 aromatic carbocycles. The summed E-state index contributed by atoms with van der Waals surface area (Å²) in [6.07, 6.45) is 0.585. The van der Waals surface area contributed by atoms with E-state index in [1.165, 1.54) is 0 Å². The summed E-state index contributed by atoms with van der Waals surface area (Å²) in [7, 11) is -2.98. The number of aryl methyl sites for hydroxylation is 3. The first-order chi connectivity index (χ1) is 12.3. The molecule has 0 radical (unpaired) electrons. The second-order valence-electron chi connectivity index (χ2n) is 6.87. The van der Waals surface area contributed by atoms with Gasteiger partial charge in [0.05, 0.1) is 28.9 Å². The zero-order chi connectivity index (χ0) is 18.5. The van der Waals surface area contributed by atoms with Gasteiger partial charge in [-0.25, -0.2) is 22.8 Å². The van der Waals surface area contributed by atoms with Gasteiger partial charge in [0, 0.05) is 11.3 Å². The Kier molecular flexibility index (Phi) is 3.95. The van der Waals surface area contributed by atoms with Crippen LogP contribution in [0.15, 0.2) is 30.3 Å². The first-order valence-electron chi connectivity index (χ1n) is 8.60. The molecule has 1 atom stereocenters. The Morgan fingerprint density at radius 1 is 1.08 bits per heavy atom. The second-order valence-corrected chi connectivity index (χ2v) is 9.10. The summed E-state index contributed by atoms with van der Waals surface area (Å²) < 4.78 is 27.3. The van der Waals surface area contributed by atoms with Crippen LogP contribution in [0.3, 0.4) is 0 Å². The van der Waals surface area contributed by atoms with Crippen LogP contribution in [0.1, 0.15) is 29.7 Å². The Morgan fingerprint density at radius 3 is 2.38 bits per heavy atom. The van der Waals surface area contributed by atoms with Crippen LogP contribution in [0.5, 0.6) is 0 Å². The van der Waals surface area contributed by atoms with Crippen molar-refractivity contribution in [2.45, 2.75) is 33.2 Å². The first kappa shape index (κ1) is 17.0. The average molecular weight is 371 g/mol. The Labute approximate surface area is 152 Å². The second kappa shape index (κ2) is 6.05. The van der Waals surface area contributed by atoms with Crippen molar-refractivity contribution < 1.29 is 8.42 Å². The number of hydrogen-bond acceptors (Lipinski definition) is 5. The smallest absolute Gasteiger partial charge is 0.158 e. The Balaban J connectivity index is 1.69. The molecular formula is C18H21N5O2S. The molecule has 1 saturated heterocycles. The molecule has 0 saturated carbocycles. The molecule has 0 spiro atoms. The zero-order valence-electron chi connectivity index (χ0n) is 15.0. The molecule has 2 aromatic heterocycles. The van der Waals surface area contributed by atoms with Gasteiger partial charge >= 0.3 is 0 Å². The molecular weight excluding hydrogens is 350 g/mol. The molecule has 3 aromatic rings. The largest absolute Gasteiger partial charge is 0.241 e. The van der Waals surface area contributed by atoms with Gasteiger partial charge in [-0.2, -0.15) is 10.2 Å². The zero-order valence-corrected chi connectivity index (χ0v) is 15.9. The van der Waals surface area contributed by atoms with Crippen LogP contribution in [0.25, 0.3) is 17.1 Å². The van der Waals surface area contributed by atoms with Gasteiger partial charge in [0.15, 0.2) is 15.7 Å². The molecule has 0 amide bonds. The van der Waals surface area contributed by atoms with Gasteiger partial charge in [0.25, 0.3) is 0 Å². The number of hydrogen-bond donors (Lipinski definition) is 0. The summed E-state index contributed by atoms with van der Waals surface area (Å²) in [6, 6.07) is 9.84. The van der Waals surface area contributed by atoms with Gasteiger partial charge in [-0.15, -0.1) is 0 Å². The van der Waals surface area contributed by atoms with E-state index in [0.29, 0.717) is 18.1 Å². The summed E-state index contributed by atoms with van der Waals surface area (Å²) in [5.41, 5.74) is 3.94. The van der Waals surface area contributed by atoms with Crippen LogP contribution in [-0.4, -0.2) is 44.5 Å². The minimum Gasteiger partial charge on any atom is -0.241 e. The molecule has 3 heterocycles. The van der Waals surface area contributed by atoms with Crippen molar-refractivity contribution in [1.29, 1.82) is 0 Å². The highest BCUT2D eigenvalue weighted by atomic mass is 32.2. The van der Waals surface area contributed by atoms with E-state index in [0.717, 1.165) is 22.6 Å². The lowest BCUT2D eigenvalue weighted by Crippen LogP contribution is -2.14. The number of rotatable bonds is 3. The maximum Gasteiger partial charge on any atom is 0.158 e. The quantitative estimate of drug-likeness (QED) is 0.706. The van der Waals surface area contributed by atoms with Crippen LogP contribution >= 0.6 is 0 Å². The lowest BCUT2D eigenvalue weighted by atomic mass is 10.1. The van der Waals surface area contributed by atoms with Crippen molar-refractivity contribution in [2.24, 2.45) is 0 Å². The topological polar surface area (TPSA) is 82.7 Å². The third-order valence-corrected chi connectivity index (χ3v) is 6.42. The minimum absolute atomic E-state index is 0.132. The predicted octanol–water partition coefficient (Wildman–Crippen LogP) is 2.42. The molecule has 0 bridgehead atoms. The first-order valence-corrected chi connectivity index (χ1v) is 10.4. The Morgan fingerprint density at radius 2 is 1.81 bits per heavy atom.